The summed E-state index contributed by atoms with van der Waals surface area (Å²) in [4.78, 5) is 14.6. The van der Waals surface area contributed by atoms with Crippen molar-refractivity contribution in [1.29, 1.82) is 0 Å². The van der Waals surface area contributed by atoms with E-state index < -0.39 is 16.7 Å². The van der Waals surface area contributed by atoms with Crippen molar-refractivity contribution in [2.45, 2.75) is 20.3 Å². The van der Waals surface area contributed by atoms with Crippen LogP contribution in [0.1, 0.15) is 20.3 Å². The Kier molecular flexibility index (Phi) is 3.32. The standard InChI is InChI=1S/C7H10N2O3S/c1-3-6-4-13(9-11)7(8-6)12-5(2)10/h4,11H,3H2,1-2H3. The van der Waals surface area contributed by atoms with Crippen molar-refractivity contribution in [2.24, 2.45) is 9.52 Å². The lowest BCUT2D eigenvalue weighted by atomic mass is 10.4. The Bertz CT molecular complexity index is 320. The Morgan fingerprint density at radius 2 is 2.54 bits per heavy atom. The maximum Gasteiger partial charge on any atom is 0.309 e. The van der Waals surface area contributed by atoms with Gasteiger partial charge in [0.25, 0.3) is 5.23 Å². The lowest BCUT2D eigenvalue weighted by Gasteiger charge is -1.98. The summed E-state index contributed by atoms with van der Waals surface area (Å²) in [7, 11) is -0.897. The van der Waals surface area contributed by atoms with Crippen LogP contribution in [0, 0.1) is 0 Å². The third-order valence-corrected chi connectivity index (χ3v) is 2.55. The van der Waals surface area contributed by atoms with Crippen LogP contribution in [0.15, 0.2) is 20.6 Å². The van der Waals surface area contributed by atoms with Gasteiger partial charge in [-0.15, -0.1) is 0 Å². The Morgan fingerprint density at radius 1 is 1.85 bits per heavy atom. The highest BCUT2D eigenvalue weighted by atomic mass is 32.2. The molecule has 0 spiro atoms. The highest BCUT2D eigenvalue weighted by molar-refractivity contribution is 8.05. The van der Waals surface area contributed by atoms with Crippen molar-refractivity contribution in [3.05, 3.63) is 11.1 Å². The van der Waals surface area contributed by atoms with Gasteiger partial charge in [0.15, 0.2) is 0 Å². The zero-order valence-electron chi connectivity index (χ0n) is 7.35. The second kappa shape index (κ2) is 4.29. The van der Waals surface area contributed by atoms with E-state index in [0.29, 0.717) is 0 Å². The predicted molar refractivity (Wildman–Crippen MR) is 49.2 cm³/mol. The Hall–Kier alpha value is -1.01. The SMILES string of the molecule is CCC1=CS(=NO)C(OC(C)=O)=N1. The maximum atomic E-state index is 10.6. The monoisotopic (exact) mass is 202 g/mol. The normalized spacial score (nSPS) is 21.3. The molecule has 1 heterocycles. The topological polar surface area (TPSA) is 71.2 Å². The van der Waals surface area contributed by atoms with E-state index in [1.807, 2.05) is 6.92 Å². The summed E-state index contributed by atoms with van der Waals surface area (Å²) in [6, 6.07) is 0. The highest BCUT2D eigenvalue weighted by Crippen LogP contribution is 2.16. The molecule has 1 aliphatic rings. The quantitative estimate of drug-likeness (QED) is 0.515. The molecule has 0 fully saturated rings. The highest BCUT2D eigenvalue weighted by Gasteiger charge is 2.17. The van der Waals surface area contributed by atoms with Gasteiger partial charge in [0, 0.05) is 23.0 Å². The number of nitrogens with zero attached hydrogens (tertiary/aromatic N) is 2. The van der Waals surface area contributed by atoms with Crippen LogP contribution in [-0.4, -0.2) is 16.4 Å². The molecule has 0 amide bonds. The van der Waals surface area contributed by atoms with E-state index in [1.165, 1.54) is 6.92 Å². The van der Waals surface area contributed by atoms with Crippen LogP contribution in [0.4, 0.5) is 0 Å². The first-order chi connectivity index (χ1) is 6.17. The molecule has 0 bridgehead atoms. The molecule has 0 radical (unpaired) electrons. The van der Waals surface area contributed by atoms with E-state index in [9.17, 15) is 4.79 Å². The molecule has 1 rings (SSSR count). The third-order valence-electron chi connectivity index (χ3n) is 1.34. The van der Waals surface area contributed by atoms with E-state index >= 15 is 0 Å². The van der Waals surface area contributed by atoms with Crippen LogP contribution in [-0.2, 0) is 20.2 Å². The fraction of sp³-hybridized carbons (Fsp3) is 0.429. The molecule has 0 aromatic rings. The first-order valence-electron chi connectivity index (χ1n) is 3.73. The summed E-state index contributed by atoms with van der Waals surface area (Å²) >= 11 is 0. The van der Waals surface area contributed by atoms with Gasteiger partial charge >= 0.3 is 5.97 Å². The fourth-order valence-electron chi connectivity index (χ4n) is 0.779. The van der Waals surface area contributed by atoms with Gasteiger partial charge in [-0.3, -0.25) is 10.0 Å². The number of carbonyl (C=O) groups is 1. The molecule has 0 aliphatic carbocycles. The van der Waals surface area contributed by atoms with Crippen molar-refractivity contribution >= 4 is 21.9 Å². The summed E-state index contributed by atoms with van der Waals surface area (Å²) in [6.45, 7) is 3.20. The molecule has 5 nitrogen and oxygen atoms in total. The van der Waals surface area contributed by atoms with Gasteiger partial charge in [-0.1, -0.05) is 11.4 Å². The summed E-state index contributed by atoms with van der Waals surface area (Å²) in [6.07, 6.45) is 0.726. The molecule has 0 aromatic heterocycles. The molecule has 72 valence electrons. The van der Waals surface area contributed by atoms with Crippen molar-refractivity contribution < 1.29 is 14.7 Å². The molecule has 1 aliphatic heterocycles. The second-order valence-corrected chi connectivity index (χ2v) is 3.71. The number of allylic oxidation sites excluding steroid dienone is 1. The lowest BCUT2D eigenvalue weighted by Crippen LogP contribution is -2.10. The van der Waals surface area contributed by atoms with Crippen LogP contribution in [0.3, 0.4) is 0 Å². The van der Waals surface area contributed by atoms with Gasteiger partial charge in [0.1, 0.15) is 0 Å². The van der Waals surface area contributed by atoms with Crippen molar-refractivity contribution in [3.8, 4) is 0 Å². The van der Waals surface area contributed by atoms with Crippen molar-refractivity contribution in [2.75, 3.05) is 0 Å². The van der Waals surface area contributed by atoms with Gasteiger partial charge in [0.2, 0.25) is 0 Å². The van der Waals surface area contributed by atoms with E-state index in [2.05, 4.69) is 9.52 Å². The zero-order valence-corrected chi connectivity index (χ0v) is 8.17. The fourth-order valence-corrected chi connectivity index (χ4v) is 1.89. The summed E-state index contributed by atoms with van der Waals surface area (Å²) in [5, 5.41) is 10.4. The van der Waals surface area contributed by atoms with E-state index in [0.717, 1.165) is 12.1 Å². The summed E-state index contributed by atoms with van der Waals surface area (Å²) < 4.78 is 7.83. The molecule has 1 atom stereocenters. The molecule has 0 saturated heterocycles. The smallest absolute Gasteiger partial charge is 0.309 e. The van der Waals surface area contributed by atoms with Crippen LogP contribution >= 0.6 is 0 Å². The first-order valence-corrected chi connectivity index (χ1v) is 4.98. The number of ether oxygens (including phenoxy) is 1. The molecule has 0 saturated carbocycles. The van der Waals surface area contributed by atoms with Crippen molar-refractivity contribution in [3.63, 3.8) is 0 Å². The molecule has 13 heavy (non-hydrogen) atoms. The van der Waals surface area contributed by atoms with Crippen LogP contribution < -0.4 is 0 Å². The van der Waals surface area contributed by atoms with E-state index in [1.54, 1.807) is 5.41 Å². The van der Waals surface area contributed by atoms with Gasteiger partial charge in [0.05, 0.1) is 5.70 Å². The van der Waals surface area contributed by atoms with Crippen molar-refractivity contribution in [1.82, 2.24) is 0 Å². The molecule has 1 unspecified atom stereocenters. The molecular formula is C7H10N2O3S. The minimum atomic E-state index is -0.897. The number of aliphatic imine (C=N–C) groups is 1. The predicted octanol–water partition coefficient (Wildman–Crippen LogP) is 1.36. The molecule has 6 heteroatoms. The largest absolute Gasteiger partial charge is 0.400 e. The van der Waals surface area contributed by atoms with E-state index in [4.69, 9.17) is 9.94 Å². The average molecular weight is 202 g/mol. The number of esters is 1. The van der Waals surface area contributed by atoms with Crippen LogP contribution in [0.25, 0.3) is 0 Å². The molecule has 1 N–H and O–H groups in total. The van der Waals surface area contributed by atoms with Crippen LogP contribution in [0.5, 0.6) is 0 Å². The number of hydrogen-bond acceptors (Lipinski definition) is 4. The summed E-state index contributed by atoms with van der Waals surface area (Å²) in [5.74, 6) is -0.453. The Balaban J connectivity index is 2.82. The van der Waals surface area contributed by atoms with E-state index in [-0.39, 0.29) is 5.23 Å². The first kappa shape index (κ1) is 10.1. The minimum Gasteiger partial charge on any atom is -0.400 e. The third kappa shape index (κ3) is 2.46. The minimum absolute atomic E-state index is 0.173. The summed E-state index contributed by atoms with van der Waals surface area (Å²) in [5.41, 5.74) is 0.775. The number of rotatable bonds is 1. The number of carbonyl (C=O) groups excluding carboxylic acids is 1. The average Bonchev–Trinajstić information content (AvgIpc) is 2.46. The van der Waals surface area contributed by atoms with Gasteiger partial charge in [-0.2, -0.15) is 0 Å². The second-order valence-electron chi connectivity index (χ2n) is 2.33. The lowest BCUT2D eigenvalue weighted by molar-refractivity contribution is -0.132. The zero-order chi connectivity index (χ0) is 9.84. The Labute approximate surface area is 78.2 Å². The van der Waals surface area contributed by atoms with Gasteiger partial charge in [-0.05, 0) is 6.42 Å². The van der Waals surface area contributed by atoms with Crippen LogP contribution in [0.2, 0.25) is 0 Å². The Morgan fingerprint density at radius 3 is 3.00 bits per heavy atom. The molecule has 0 aromatic carbocycles. The molecular weight excluding hydrogens is 192 g/mol. The number of hydrogen-bond donors (Lipinski definition) is 1. The maximum absolute atomic E-state index is 10.6. The van der Waals surface area contributed by atoms with Gasteiger partial charge < -0.3 is 4.74 Å². The van der Waals surface area contributed by atoms with Gasteiger partial charge in [-0.25, -0.2) is 4.99 Å².